The zero-order valence-electron chi connectivity index (χ0n) is 2.42. The quantitative estimate of drug-likeness (QED) is 0.593. The van der Waals surface area contributed by atoms with Gasteiger partial charge in [0.15, 0.2) is 0 Å². The molecule has 5 heavy (non-hydrogen) atoms. The molecule has 0 aliphatic rings. The van der Waals surface area contributed by atoms with Crippen molar-refractivity contribution < 1.29 is 21.1 Å². The van der Waals surface area contributed by atoms with Gasteiger partial charge in [0.25, 0.3) is 0 Å². The second-order valence-corrected chi connectivity index (χ2v) is 0. The Morgan fingerprint density at radius 3 is 1.00 bits per heavy atom. The van der Waals surface area contributed by atoms with E-state index in [1.54, 1.807) is 0 Å². The first-order valence-corrected chi connectivity index (χ1v) is 0.408. The van der Waals surface area contributed by atoms with E-state index in [0.29, 0.717) is 0 Å². The molecule has 0 unspecified atom stereocenters. The first-order chi connectivity index (χ1) is 1.00. The fourth-order valence-corrected chi connectivity index (χ4v) is 0. The van der Waals surface area contributed by atoms with E-state index >= 15 is 0 Å². The third kappa shape index (κ3) is 44.6. The van der Waals surface area contributed by atoms with Crippen LogP contribution in [0.15, 0.2) is 6.58 Å². The second-order valence-electron chi connectivity index (χ2n) is 0. The molecule has 0 spiro atoms. The molecule has 0 amide bonds. The van der Waals surface area contributed by atoms with E-state index in [2.05, 4.69) is 13.2 Å². The molecule has 0 aliphatic carbocycles. The van der Waals surface area contributed by atoms with Crippen LogP contribution >= 0.6 is 24.8 Å². The Kier molecular flexibility index (Phi) is 591. The Morgan fingerprint density at radius 1 is 1.00 bits per heavy atom. The van der Waals surface area contributed by atoms with Crippen molar-refractivity contribution in [3.63, 3.8) is 0 Å². The van der Waals surface area contributed by atoms with Crippen molar-refractivity contribution in [2.45, 2.75) is 0 Å². The molecule has 0 aromatic carbocycles. The van der Waals surface area contributed by atoms with Gasteiger partial charge < -0.3 is 6.58 Å². The van der Waals surface area contributed by atoms with E-state index in [-0.39, 0.29) is 45.9 Å². The van der Waals surface area contributed by atoms with E-state index < -0.39 is 0 Å². The molecule has 0 heterocycles. The maximum Gasteiger partial charge on any atom is 0 e. The largest absolute Gasteiger partial charge is 0.521 e. The van der Waals surface area contributed by atoms with Gasteiger partial charge in [-0.15, -0.1) is 24.8 Å². The van der Waals surface area contributed by atoms with Gasteiger partial charge in [0, 0.05) is 21.1 Å². The Labute approximate surface area is 59.1 Å². The number of halogens is 2. The maximum absolute atomic E-state index is 4.25. The van der Waals surface area contributed by atoms with Crippen LogP contribution in [-0.2, 0) is 21.1 Å². The fourth-order valence-electron chi connectivity index (χ4n) is 0. The zero-order chi connectivity index (χ0) is 2.00. The molecular formula is C2H5Cl2Pt-. The van der Waals surface area contributed by atoms with Crippen molar-refractivity contribution >= 4 is 24.8 Å². The SMILES string of the molecule is Cl.Cl.[CH-]=C.[Pt]. The summed E-state index contributed by atoms with van der Waals surface area (Å²) in [7, 11) is 0. The molecule has 3 heteroatoms. The van der Waals surface area contributed by atoms with Crippen molar-refractivity contribution in [1.29, 1.82) is 0 Å². The monoisotopic (exact) mass is 294 g/mol. The Morgan fingerprint density at radius 2 is 1.00 bits per heavy atom. The number of rotatable bonds is 0. The van der Waals surface area contributed by atoms with Crippen LogP contribution in [0.4, 0.5) is 0 Å². The van der Waals surface area contributed by atoms with Crippen molar-refractivity contribution in [3.8, 4) is 0 Å². The summed E-state index contributed by atoms with van der Waals surface area (Å²) in [5.41, 5.74) is 0. The van der Waals surface area contributed by atoms with E-state index in [0.717, 1.165) is 0 Å². The Hall–Kier alpha value is 1.01. The summed E-state index contributed by atoms with van der Waals surface area (Å²) < 4.78 is 0. The van der Waals surface area contributed by atoms with Gasteiger partial charge in [-0.3, -0.25) is 6.58 Å². The fraction of sp³-hybridized carbons (Fsp3) is 0. The second kappa shape index (κ2) is 79.1. The Balaban J connectivity index is -0.00000000167. The van der Waals surface area contributed by atoms with Gasteiger partial charge in [0.1, 0.15) is 0 Å². The predicted molar refractivity (Wildman–Crippen MR) is 24.4 cm³/mol. The van der Waals surface area contributed by atoms with Crippen LogP contribution in [-0.4, -0.2) is 0 Å². The normalized spacial score (nSPS) is 0.800. The molecule has 0 aromatic rings. The Bertz CT molecular complexity index is 7.61. The minimum absolute atomic E-state index is 0. The molecule has 0 atom stereocenters. The molecular weight excluding hydrogens is 290 g/mol. The topological polar surface area (TPSA) is 0 Å². The van der Waals surface area contributed by atoms with Gasteiger partial charge in [0.05, 0.1) is 0 Å². The summed E-state index contributed by atoms with van der Waals surface area (Å²) in [5, 5.41) is 0. The molecule has 0 bridgehead atoms. The third-order valence-corrected chi connectivity index (χ3v) is 0. The van der Waals surface area contributed by atoms with E-state index in [4.69, 9.17) is 0 Å². The minimum atomic E-state index is 0. The summed E-state index contributed by atoms with van der Waals surface area (Å²) in [6, 6.07) is 0. The molecule has 38 valence electrons. The molecule has 0 saturated heterocycles. The minimum Gasteiger partial charge on any atom is -0.521 e. The maximum atomic E-state index is 4.25. The van der Waals surface area contributed by atoms with Crippen LogP contribution in [0.25, 0.3) is 0 Å². The third-order valence-electron chi connectivity index (χ3n) is 0. The molecule has 0 saturated carbocycles. The average Bonchev–Trinajstić information content (AvgIpc) is 1.00. The smallest absolute Gasteiger partial charge is 0 e. The summed E-state index contributed by atoms with van der Waals surface area (Å²) >= 11 is 0. The molecule has 0 nitrogen and oxygen atoms in total. The standard InChI is InChI=1S/C2H3.2ClH.Pt/c1-2;;;/h1H,2H2;2*1H;/q-1;;;. The van der Waals surface area contributed by atoms with E-state index in [1.807, 2.05) is 0 Å². The van der Waals surface area contributed by atoms with Gasteiger partial charge in [0.2, 0.25) is 0 Å². The summed E-state index contributed by atoms with van der Waals surface area (Å²) in [4.78, 5) is 0. The van der Waals surface area contributed by atoms with Crippen molar-refractivity contribution in [3.05, 3.63) is 13.2 Å². The van der Waals surface area contributed by atoms with Crippen molar-refractivity contribution in [1.82, 2.24) is 0 Å². The summed E-state index contributed by atoms with van der Waals surface area (Å²) in [6.07, 6.45) is 0. The van der Waals surface area contributed by atoms with Gasteiger partial charge >= 0.3 is 0 Å². The first-order valence-electron chi connectivity index (χ1n) is 0.408. The summed E-state index contributed by atoms with van der Waals surface area (Å²) in [6.45, 7) is 7.00. The van der Waals surface area contributed by atoms with E-state index in [9.17, 15) is 0 Å². The van der Waals surface area contributed by atoms with Gasteiger partial charge in [-0.25, -0.2) is 0 Å². The van der Waals surface area contributed by atoms with Crippen LogP contribution in [0, 0.1) is 6.58 Å². The van der Waals surface area contributed by atoms with Gasteiger partial charge in [-0.1, -0.05) is 0 Å². The van der Waals surface area contributed by atoms with Crippen LogP contribution in [0.3, 0.4) is 0 Å². The van der Waals surface area contributed by atoms with Crippen molar-refractivity contribution in [2.75, 3.05) is 0 Å². The summed E-state index contributed by atoms with van der Waals surface area (Å²) in [5.74, 6) is 0. The predicted octanol–water partition coefficient (Wildman–Crippen LogP) is 1.45. The van der Waals surface area contributed by atoms with Crippen LogP contribution in [0.2, 0.25) is 0 Å². The molecule has 0 rings (SSSR count). The molecule has 0 fully saturated rings. The average molecular weight is 295 g/mol. The number of hydrogen-bond acceptors (Lipinski definition) is 0. The molecule has 0 radical (unpaired) electrons. The van der Waals surface area contributed by atoms with Crippen LogP contribution in [0.5, 0.6) is 0 Å². The van der Waals surface area contributed by atoms with Gasteiger partial charge in [-0.05, 0) is 0 Å². The van der Waals surface area contributed by atoms with Gasteiger partial charge in [-0.2, -0.15) is 0 Å². The molecule has 0 N–H and O–H groups in total. The van der Waals surface area contributed by atoms with Crippen LogP contribution < -0.4 is 0 Å². The van der Waals surface area contributed by atoms with Crippen molar-refractivity contribution in [2.24, 2.45) is 0 Å². The number of hydrogen-bond donors (Lipinski definition) is 0. The van der Waals surface area contributed by atoms with Crippen LogP contribution in [0.1, 0.15) is 0 Å². The molecule has 0 aliphatic heterocycles. The zero-order valence-corrected chi connectivity index (χ0v) is 6.32. The van der Waals surface area contributed by atoms with E-state index in [1.165, 1.54) is 0 Å². The molecule has 0 aromatic heterocycles. The first kappa shape index (κ1) is 37.4.